The highest BCUT2D eigenvalue weighted by molar-refractivity contribution is 8.18. The van der Waals surface area contributed by atoms with Gasteiger partial charge in [-0.05, 0) is 61.2 Å². The number of benzene rings is 1. The molecule has 1 heterocycles. The normalized spacial score (nSPS) is 20.7. The van der Waals surface area contributed by atoms with Crippen molar-refractivity contribution in [3.05, 3.63) is 34.7 Å². The Bertz CT molecular complexity index is 836. The van der Waals surface area contributed by atoms with Crippen molar-refractivity contribution >= 4 is 40.9 Å². The van der Waals surface area contributed by atoms with Crippen LogP contribution in [0.15, 0.2) is 29.2 Å². The van der Waals surface area contributed by atoms with Crippen LogP contribution in [0, 0.1) is 11.8 Å². The van der Waals surface area contributed by atoms with Crippen LogP contribution in [0.3, 0.4) is 0 Å². The molecule has 0 aromatic heterocycles. The summed E-state index contributed by atoms with van der Waals surface area (Å²) in [5.41, 5.74) is 0.771. The molecule has 1 aliphatic heterocycles. The molecular formula is C22H25NO6S. The number of esters is 1. The SMILES string of the molecule is O=C(O)C1CCCC1.O=C1NC(=O)/C(=C/c2ccc(OC(=O)C3CCCC3)cc2)S1. The first-order valence-corrected chi connectivity index (χ1v) is 11.0. The van der Waals surface area contributed by atoms with Crippen molar-refractivity contribution in [2.45, 2.75) is 51.4 Å². The highest BCUT2D eigenvalue weighted by atomic mass is 32.2. The van der Waals surface area contributed by atoms with Crippen molar-refractivity contribution in [2.75, 3.05) is 0 Å². The van der Waals surface area contributed by atoms with E-state index in [1.54, 1.807) is 30.3 Å². The maximum absolute atomic E-state index is 11.9. The topological polar surface area (TPSA) is 110 Å². The molecule has 30 heavy (non-hydrogen) atoms. The number of hydrogen-bond acceptors (Lipinski definition) is 6. The average molecular weight is 432 g/mol. The molecule has 2 N–H and O–H groups in total. The third-order valence-corrected chi connectivity index (χ3v) is 6.24. The summed E-state index contributed by atoms with van der Waals surface area (Å²) < 4.78 is 5.36. The second kappa shape index (κ2) is 10.4. The molecule has 160 valence electrons. The number of amides is 2. The molecule has 4 rings (SSSR count). The van der Waals surface area contributed by atoms with Crippen LogP contribution in [0.25, 0.3) is 6.08 Å². The summed E-state index contributed by atoms with van der Waals surface area (Å²) in [4.78, 5) is 45.0. The van der Waals surface area contributed by atoms with Gasteiger partial charge in [0.05, 0.1) is 16.7 Å². The van der Waals surface area contributed by atoms with Crippen LogP contribution in [0.4, 0.5) is 4.79 Å². The molecule has 0 atom stereocenters. The minimum Gasteiger partial charge on any atom is -0.481 e. The van der Waals surface area contributed by atoms with Crippen LogP contribution < -0.4 is 10.1 Å². The lowest BCUT2D eigenvalue weighted by Crippen LogP contribution is -2.17. The Kier molecular flexibility index (Phi) is 7.68. The van der Waals surface area contributed by atoms with E-state index in [4.69, 9.17) is 9.84 Å². The summed E-state index contributed by atoms with van der Waals surface area (Å²) in [5, 5.41) is 10.3. The molecule has 2 amide bonds. The van der Waals surface area contributed by atoms with E-state index in [1.807, 2.05) is 0 Å². The van der Waals surface area contributed by atoms with Crippen LogP contribution >= 0.6 is 11.8 Å². The molecule has 8 heteroatoms. The number of hydrogen-bond donors (Lipinski definition) is 2. The Morgan fingerprint density at radius 1 is 0.967 bits per heavy atom. The number of carbonyl (C=O) groups is 4. The fraction of sp³-hybridized carbons (Fsp3) is 0.455. The molecule has 7 nitrogen and oxygen atoms in total. The Morgan fingerprint density at radius 3 is 2.00 bits per heavy atom. The average Bonchev–Trinajstić information content (AvgIpc) is 3.47. The Balaban J connectivity index is 0.000000269. The standard InChI is InChI=1S/C16H15NO4S.C6H10O2/c18-14-13(22-16(20)17-14)9-10-5-7-12(8-6-10)21-15(19)11-3-1-2-4-11;7-6(8)5-3-1-2-4-5/h5-9,11H,1-4H2,(H,17,18,20);5H,1-4H2,(H,7,8)/b13-9-;. The third-order valence-electron chi connectivity index (χ3n) is 5.43. The van der Waals surface area contributed by atoms with E-state index < -0.39 is 5.97 Å². The van der Waals surface area contributed by atoms with Crippen molar-refractivity contribution in [3.63, 3.8) is 0 Å². The molecule has 1 aromatic carbocycles. The number of carboxylic acid groups (broad SMARTS) is 1. The fourth-order valence-corrected chi connectivity index (χ4v) is 4.42. The maximum atomic E-state index is 11.9. The first-order valence-electron chi connectivity index (χ1n) is 10.2. The highest BCUT2D eigenvalue weighted by Gasteiger charge is 2.26. The van der Waals surface area contributed by atoms with Gasteiger partial charge in [0.15, 0.2) is 0 Å². The highest BCUT2D eigenvalue weighted by Crippen LogP contribution is 2.28. The molecule has 1 saturated heterocycles. The Labute approximate surface area is 179 Å². The fourth-order valence-electron chi connectivity index (χ4n) is 3.74. The second-order valence-electron chi connectivity index (χ2n) is 7.64. The number of ether oxygens (including phenoxy) is 1. The van der Waals surface area contributed by atoms with E-state index in [2.05, 4.69) is 5.32 Å². The van der Waals surface area contributed by atoms with Crippen LogP contribution in [0.1, 0.15) is 56.9 Å². The van der Waals surface area contributed by atoms with Crippen molar-refractivity contribution in [3.8, 4) is 5.75 Å². The van der Waals surface area contributed by atoms with Gasteiger partial charge in [-0.3, -0.25) is 24.5 Å². The first-order chi connectivity index (χ1) is 14.4. The number of nitrogens with one attached hydrogen (secondary N) is 1. The van der Waals surface area contributed by atoms with Crippen LogP contribution in [-0.4, -0.2) is 28.2 Å². The molecule has 1 aromatic rings. The van der Waals surface area contributed by atoms with E-state index in [0.29, 0.717) is 10.7 Å². The number of thioether (sulfide) groups is 1. The minimum atomic E-state index is -0.609. The van der Waals surface area contributed by atoms with Gasteiger partial charge < -0.3 is 9.84 Å². The van der Waals surface area contributed by atoms with E-state index in [0.717, 1.165) is 68.7 Å². The zero-order chi connectivity index (χ0) is 21.5. The van der Waals surface area contributed by atoms with E-state index in [1.165, 1.54) is 0 Å². The molecule has 2 aliphatic carbocycles. The van der Waals surface area contributed by atoms with Crippen LogP contribution in [-0.2, 0) is 14.4 Å². The van der Waals surface area contributed by atoms with Gasteiger partial charge in [-0.1, -0.05) is 37.8 Å². The molecular weight excluding hydrogens is 406 g/mol. The summed E-state index contributed by atoms with van der Waals surface area (Å²) in [6.45, 7) is 0. The summed E-state index contributed by atoms with van der Waals surface area (Å²) in [6.07, 6.45) is 9.63. The summed E-state index contributed by atoms with van der Waals surface area (Å²) in [6, 6.07) is 6.89. The predicted molar refractivity (Wildman–Crippen MR) is 113 cm³/mol. The van der Waals surface area contributed by atoms with Crippen LogP contribution in [0.2, 0.25) is 0 Å². The molecule has 3 fully saturated rings. The zero-order valence-corrected chi connectivity index (χ0v) is 17.4. The van der Waals surface area contributed by atoms with E-state index >= 15 is 0 Å². The zero-order valence-electron chi connectivity index (χ0n) is 16.6. The summed E-state index contributed by atoms with van der Waals surface area (Å²) in [5.74, 6) is -0.658. The Hall–Kier alpha value is -2.61. The van der Waals surface area contributed by atoms with Gasteiger partial charge in [0.25, 0.3) is 11.1 Å². The lowest BCUT2D eigenvalue weighted by molar-refractivity contribution is -0.141. The first kappa shape index (κ1) is 22.1. The maximum Gasteiger partial charge on any atom is 0.314 e. The van der Waals surface area contributed by atoms with Crippen molar-refractivity contribution in [1.29, 1.82) is 0 Å². The molecule has 2 saturated carbocycles. The van der Waals surface area contributed by atoms with Crippen molar-refractivity contribution < 1.29 is 29.0 Å². The third kappa shape index (κ3) is 6.19. The monoisotopic (exact) mass is 431 g/mol. The quantitative estimate of drug-likeness (QED) is 0.414. The smallest absolute Gasteiger partial charge is 0.314 e. The van der Waals surface area contributed by atoms with Crippen LogP contribution in [0.5, 0.6) is 5.75 Å². The number of carboxylic acids is 1. The van der Waals surface area contributed by atoms with Gasteiger partial charge in [-0.25, -0.2) is 0 Å². The van der Waals surface area contributed by atoms with Crippen molar-refractivity contribution in [2.24, 2.45) is 11.8 Å². The summed E-state index contributed by atoms with van der Waals surface area (Å²) in [7, 11) is 0. The molecule has 0 spiro atoms. The van der Waals surface area contributed by atoms with Gasteiger partial charge in [0.1, 0.15) is 5.75 Å². The lowest BCUT2D eigenvalue weighted by Gasteiger charge is -2.09. The van der Waals surface area contributed by atoms with Crippen molar-refractivity contribution in [1.82, 2.24) is 5.32 Å². The van der Waals surface area contributed by atoms with Gasteiger partial charge in [0, 0.05) is 0 Å². The molecule has 0 bridgehead atoms. The Morgan fingerprint density at radius 2 is 1.53 bits per heavy atom. The van der Waals surface area contributed by atoms with Gasteiger partial charge in [-0.15, -0.1) is 0 Å². The van der Waals surface area contributed by atoms with Gasteiger partial charge in [0.2, 0.25) is 0 Å². The molecule has 0 radical (unpaired) electrons. The number of imide groups is 1. The summed E-state index contributed by atoms with van der Waals surface area (Å²) >= 11 is 0.876. The van der Waals surface area contributed by atoms with E-state index in [9.17, 15) is 19.2 Å². The second-order valence-corrected chi connectivity index (χ2v) is 8.66. The van der Waals surface area contributed by atoms with Gasteiger partial charge >= 0.3 is 11.9 Å². The minimum absolute atomic E-state index is 0.0185. The predicted octanol–water partition coefficient (Wildman–Crippen LogP) is 4.37. The number of aliphatic carboxylic acids is 1. The molecule has 0 unspecified atom stereocenters. The number of rotatable bonds is 4. The van der Waals surface area contributed by atoms with Gasteiger partial charge in [-0.2, -0.15) is 0 Å². The number of carbonyl (C=O) groups excluding carboxylic acids is 3. The largest absolute Gasteiger partial charge is 0.481 e. The molecule has 3 aliphatic rings. The lowest BCUT2D eigenvalue weighted by atomic mass is 10.1. The van der Waals surface area contributed by atoms with E-state index in [-0.39, 0.29) is 29.0 Å².